The first-order chi connectivity index (χ1) is 24.2. The molecule has 0 aliphatic carbocycles. The number of carbonyl (C=O) groups is 1. The Morgan fingerprint density at radius 1 is 0.510 bits per heavy atom. The highest BCUT2D eigenvalue weighted by Crippen LogP contribution is 2.13. The Morgan fingerprint density at radius 3 is 1.43 bits per heavy atom. The number of hydrogen-bond donors (Lipinski definition) is 3. The lowest BCUT2D eigenvalue weighted by Gasteiger charge is -2.19. The summed E-state index contributed by atoms with van der Waals surface area (Å²) in [7, 11) is 0. The van der Waals surface area contributed by atoms with Crippen LogP contribution in [0.3, 0.4) is 0 Å². The van der Waals surface area contributed by atoms with Crippen LogP contribution in [0.2, 0.25) is 0 Å². The van der Waals surface area contributed by atoms with Gasteiger partial charge in [-0.3, -0.25) is 4.79 Å². The molecule has 0 saturated heterocycles. The average Bonchev–Trinajstić information content (AvgIpc) is 3.10. The Morgan fingerprint density at radius 2 is 0.918 bits per heavy atom. The van der Waals surface area contributed by atoms with Gasteiger partial charge in [-0.1, -0.05) is 182 Å². The summed E-state index contributed by atoms with van der Waals surface area (Å²) in [6, 6.07) is -0.673. The van der Waals surface area contributed by atoms with Gasteiger partial charge in [0, 0.05) is 6.42 Å². The van der Waals surface area contributed by atoms with Crippen LogP contribution < -0.4 is 5.32 Å². The van der Waals surface area contributed by atoms with E-state index in [4.69, 9.17) is 0 Å². The molecule has 49 heavy (non-hydrogen) atoms. The van der Waals surface area contributed by atoms with Gasteiger partial charge in [0.05, 0.1) is 18.8 Å². The molecule has 0 aromatic rings. The lowest BCUT2D eigenvalue weighted by molar-refractivity contribution is -0.122. The third kappa shape index (κ3) is 36.7. The molecule has 2 atom stereocenters. The van der Waals surface area contributed by atoms with Gasteiger partial charge >= 0.3 is 0 Å². The van der Waals surface area contributed by atoms with E-state index in [-0.39, 0.29) is 12.5 Å². The fourth-order valence-electron chi connectivity index (χ4n) is 5.52. The van der Waals surface area contributed by atoms with Crippen LogP contribution in [0.15, 0.2) is 85.1 Å². The molecule has 1 amide bonds. The van der Waals surface area contributed by atoms with Crippen molar-refractivity contribution in [2.75, 3.05) is 6.61 Å². The van der Waals surface area contributed by atoms with E-state index in [1.807, 2.05) is 6.08 Å². The van der Waals surface area contributed by atoms with Crippen molar-refractivity contribution in [3.8, 4) is 0 Å². The van der Waals surface area contributed by atoms with E-state index in [0.29, 0.717) is 6.42 Å². The minimum atomic E-state index is -0.889. The summed E-state index contributed by atoms with van der Waals surface area (Å²) in [5, 5.41) is 22.9. The molecule has 0 spiro atoms. The smallest absolute Gasteiger partial charge is 0.220 e. The number of unbranched alkanes of at least 4 members (excludes halogenated alkanes) is 16. The van der Waals surface area contributed by atoms with Gasteiger partial charge in [-0.25, -0.2) is 0 Å². The molecule has 0 aromatic carbocycles. The van der Waals surface area contributed by atoms with Crippen molar-refractivity contribution in [1.29, 1.82) is 0 Å². The molecule has 0 aliphatic rings. The number of amides is 1. The summed E-state index contributed by atoms with van der Waals surface area (Å²) in [6.07, 6.45) is 58.3. The molecule has 3 N–H and O–H groups in total. The summed E-state index contributed by atoms with van der Waals surface area (Å²) in [5.74, 6) is -0.134. The molecule has 0 heterocycles. The molecule has 0 aliphatic heterocycles. The van der Waals surface area contributed by atoms with Gasteiger partial charge < -0.3 is 15.5 Å². The quantitative estimate of drug-likeness (QED) is 0.0461. The van der Waals surface area contributed by atoms with E-state index in [0.717, 1.165) is 64.2 Å². The molecule has 0 aromatic heterocycles. The summed E-state index contributed by atoms with van der Waals surface area (Å²) in [5.41, 5.74) is 0. The zero-order valence-corrected chi connectivity index (χ0v) is 31.9. The molecular formula is C45H77NO3. The minimum Gasteiger partial charge on any atom is -0.394 e. The molecule has 0 rings (SSSR count). The lowest BCUT2D eigenvalue weighted by atomic mass is 10.0. The van der Waals surface area contributed by atoms with Gasteiger partial charge in [0.15, 0.2) is 0 Å². The van der Waals surface area contributed by atoms with Gasteiger partial charge in [-0.05, 0) is 70.6 Å². The second-order valence-corrected chi connectivity index (χ2v) is 13.3. The Bertz CT molecular complexity index is 910. The zero-order chi connectivity index (χ0) is 35.7. The number of aliphatic hydroxyl groups is 2. The Hall–Kier alpha value is -2.43. The molecule has 4 nitrogen and oxygen atoms in total. The van der Waals surface area contributed by atoms with Gasteiger partial charge in [-0.2, -0.15) is 0 Å². The van der Waals surface area contributed by atoms with Crippen molar-refractivity contribution < 1.29 is 15.0 Å². The first kappa shape index (κ1) is 46.6. The van der Waals surface area contributed by atoms with Crippen molar-refractivity contribution in [1.82, 2.24) is 5.32 Å². The number of allylic oxidation sites excluding steroid dienone is 13. The average molecular weight is 680 g/mol. The van der Waals surface area contributed by atoms with Gasteiger partial charge in [0.1, 0.15) is 0 Å². The molecule has 2 unspecified atom stereocenters. The first-order valence-corrected chi connectivity index (χ1v) is 20.3. The monoisotopic (exact) mass is 680 g/mol. The van der Waals surface area contributed by atoms with Crippen molar-refractivity contribution in [2.24, 2.45) is 0 Å². The Labute approximate surface area is 303 Å². The van der Waals surface area contributed by atoms with Crippen LogP contribution in [0.1, 0.15) is 174 Å². The van der Waals surface area contributed by atoms with E-state index in [1.54, 1.807) is 6.08 Å². The van der Waals surface area contributed by atoms with Gasteiger partial charge in [0.25, 0.3) is 0 Å². The topological polar surface area (TPSA) is 69.6 Å². The fourth-order valence-corrected chi connectivity index (χ4v) is 5.52. The minimum absolute atomic E-state index is 0.134. The van der Waals surface area contributed by atoms with Crippen LogP contribution in [0.4, 0.5) is 0 Å². The predicted molar refractivity (Wildman–Crippen MR) is 216 cm³/mol. The van der Waals surface area contributed by atoms with E-state index < -0.39 is 12.1 Å². The van der Waals surface area contributed by atoms with Crippen LogP contribution in [0.25, 0.3) is 0 Å². The van der Waals surface area contributed by atoms with E-state index >= 15 is 0 Å². The van der Waals surface area contributed by atoms with Gasteiger partial charge in [-0.15, -0.1) is 0 Å². The summed E-state index contributed by atoms with van der Waals surface area (Å²) < 4.78 is 0. The number of rotatable bonds is 35. The number of aliphatic hydroxyl groups excluding tert-OH is 2. The maximum absolute atomic E-state index is 12.3. The van der Waals surface area contributed by atoms with Crippen molar-refractivity contribution in [3.05, 3.63) is 85.1 Å². The normalized spacial score (nSPS) is 14.0. The highest BCUT2D eigenvalue weighted by molar-refractivity contribution is 5.76. The molecule has 4 heteroatoms. The van der Waals surface area contributed by atoms with Crippen LogP contribution in [-0.4, -0.2) is 34.9 Å². The predicted octanol–water partition coefficient (Wildman–Crippen LogP) is 12.5. The fraction of sp³-hybridized carbons (Fsp3) is 0.667. The van der Waals surface area contributed by atoms with Crippen LogP contribution in [0, 0.1) is 0 Å². The van der Waals surface area contributed by atoms with Crippen molar-refractivity contribution in [3.63, 3.8) is 0 Å². The van der Waals surface area contributed by atoms with E-state index in [9.17, 15) is 15.0 Å². The first-order valence-electron chi connectivity index (χ1n) is 20.3. The molecular weight excluding hydrogens is 602 g/mol. The number of carbonyl (C=O) groups excluding carboxylic acids is 1. The molecule has 280 valence electrons. The highest BCUT2D eigenvalue weighted by Gasteiger charge is 2.17. The highest BCUT2D eigenvalue weighted by atomic mass is 16.3. The molecule has 0 bridgehead atoms. The van der Waals surface area contributed by atoms with E-state index in [1.165, 1.54) is 89.9 Å². The maximum atomic E-state index is 12.3. The van der Waals surface area contributed by atoms with E-state index in [2.05, 4.69) is 92.1 Å². The molecule has 0 fully saturated rings. The molecule has 0 radical (unpaired) electrons. The van der Waals surface area contributed by atoms with Crippen LogP contribution >= 0.6 is 0 Å². The maximum Gasteiger partial charge on any atom is 0.220 e. The molecule has 0 saturated carbocycles. The standard InChI is InChI=1S/C45H77NO3/c1-3-5-7-9-11-13-15-17-19-21-22-23-25-26-28-30-32-34-36-38-40-44(48)43(42-47)46-45(49)41-39-37-35-33-31-29-27-24-20-18-16-14-12-10-8-6-4-2/h6,8,12,14,18,20,27,29-30,32-33,35,38,40,43-44,47-48H,3-5,7,9-11,13,15-17,19,21-26,28,31,34,36-37,39,41-42H2,1-2H3,(H,46,49)/b8-6-,14-12-,20-18-,29-27-,32-30+,35-33-,40-38+. The summed E-state index contributed by atoms with van der Waals surface area (Å²) in [4.78, 5) is 12.3. The second kappa shape index (κ2) is 40.0. The van der Waals surface area contributed by atoms with Crippen molar-refractivity contribution >= 4 is 5.91 Å². The SMILES string of the molecule is CC/C=C\C/C=C\C/C=C\C/C=C\C/C=C\CCCC(=O)NC(CO)C(O)/C=C/CC/C=C/CCCCCCCCCCCCCCCC. The second-order valence-electron chi connectivity index (χ2n) is 13.3. The van der Waals surface area contributed by atoms with Gasteiger partial charge in [0.2, 0.25) is 5.91 Å². The van der Waals surface area contributed by atoms with Crippen LogP contribution in [-0.2, 0) is 4.79 Å². The third-order valence-electron chi connectivity index (χ3n) is 8.61. The number of hydrogen-bond acceptors (Lipinski definition) is 3. The number of nitrogens with one attached hydrogen (secondary N) is 1. The van der Waals surface area contributed by atoms with Crippen LogP contribution in [0.5, 0.6) is 0 Å². The lowest BCUT2D eigenvalue weighted by Crippen LogP contribution is -2.45. The third-order valence-corrected chi connectivity index (χ3v) is 8.61. The zero-order valence-electron chi connectivity index (χ0n) is 31.9. The Kier molecular flexibility index (Phi) is 38.0. The summed E-state index contributed by atoms with van der Waals surface area (Å²) >= 11 is 0. The Balaban J connectivity index is 3.76. The summed E-state index contributed by atoms with van der Waals surface area (Å²) in [6.45, 7) is 4.14. The largest absolute Gasteiger partial charge is 0.394 e. The van der Waals surface area contributed by atoms with Crippen molar-refractivity contribution in [2.45, 2.75) is 187 Å².